The molecule has 7 nitrogen and oxygen atoms in total. The molecule has 200 valence electrons. The van der Waals surface area contributed by atoms with Crippen molar-refractivity contribution in [2.24, 2.45) is 4.99 Å². The number of carbonyl (C=O) groups excluding carboxylic acids is 1. The SMILES string of the molecule is CCS(=O)(=O)c1ccc(CC(=O)Nc2ccc(-c3ccccc3OC(F)(F)F)c(C(C=N)C=NC)c2)cc1. The molecule has 3 rings (SSSR count). The molecule has 0 saturated heterocycles. The van der Waals surface area contributed by atoms with Crippen LogP contribution in [0, 0.1) is 5.41 Å². The Labute approximate surface area is 218 Å². The number of sulfone groups is 1. The standard InChI is InChI=1S/C27H26F3N3O4S/c1-3-38(35,36)21-11-8-18(9-12-21)14-26(34)33-20-10-13-22(24(15-20)19(16-31)17-32-2)23-6-4-5-7-25(23)37-27(28,29)30/h4-13,15-17,19,31H,3,14H2,1-2H3,(H,33,34). The van der Waals surface area contributed by atoms with Crippen LogP contribution in [-0.2, 0) is 21.1 Å². The molecule has 0 aliphatic heterocycles. The van der Waals surface area contributed by atoms with Gasteiger partial charge in [-0.05, 0) is 47.0 Å². The van der Waals surface area contributed by atoms with Gasteiger partial charge in [-0.2, -0.15) is 0 Å². The Morgan fingerprint density at radius 1 is 1.08 bits per heavy atom. The third kappa shape index (κ3) is 7.28. The zero-order valence-corrected chi connectivity index (χ0v) is 21.4. The van der Waals surface area contributed by atoms with Crippen LogP contribution >= 0.6 is 0 Å². The fourth-order valence-electron chi connectivity index (χ4n) is 3.81. The van der Waals surface area contributed by atoms with Gasteiger partial charge in [0.1, 0.15) is 5.75 Å². The molecule has 0 heterocycles. The fraction of sp³-hybridized carbons (Fsp3) is 0.222. The maximum atomic E-state index is 13.0. The Bertz CT molecular complexity index is 1440. The summed E-state index contributed by atoms with van der Waals surface area (Å²) in [7, 11) is -1.84. The van der Waals surface area contributed by atoms with E-state index in [1.807, 2.05) is 0 Å². The van der Waals surface area contributed by atoms with Crippen molar-refractivity contribution in [1.82, 2.24) is 0 Å². The predicted octanol–water partition coefficient (Wildman–Crippen LogP) is 5.66. The molecule has 1 unspecified atom stereocenters. The van der Waals surface area contributed by atoms with Crippen LogP contribution in [0.3, 0.4) is 0 Å². The number of hydrogen-bond donors (Lipinski definition) is 2. The number of benzene rings is 3. The molecule has 0 fully saturated rings. The van der Waals surface area contributed by atoms with E-state index >= 15 is 0 Å². The number of hydrogen-bond acceptors (Lipinski definition) is 6. The van der Waals surface area contributed by atoms with Crippen LogP contribution in [0.5, 0.6) is 5.75 Å². The van der Waals surface area contributed by atoms with E-state index in [9.17, 15) is 26.4 Å². The minimum Gasteiger partial charge on any atom is -0.405 e. The quantitative estimate of drug-likeness (QED) is 0.321. The molecular weight excluding hydrogens is 519 g/mol. The van der Waals surface area contributed by atoms with E-state index in [4.69, 9.17) is 5.41 Å². The number of ether oxygens (including phenoxy) is 1. The third-order valence-corrected chi connectivity index (χ3v) is 7.36. The van der Waals surface area contributed by atoms with Crippen molar-refractivity contribution in [3.8, 4) is 16.9 Å². The van der Waals surface area contributed by atoms with E-state index in [1.54, 1.807) is 43.3 Å². The first-order valence-electron chi connectivity index (χ1n) is 11.5. The highest BCUT2D eigenvalue weighted by Gasteiger charge is 2.32. The highest BCUT2D eigenvalue weighted by atomic mass is 32.2. The van der Waals surface area contributed by atoms with Gasteiger partial charge >= 0.3 is 6.36 Å². The smallest absolute Gasteiger partial charge is 0.405 e. The Hall–Kier alpha value is -3.99. The minimum atomic E-state index is -4.89. The number of carbonyl (C=O) groups is 1. The Kier molecular flexibility index (Phi) is 9.05. The van der Waals surface area contributed by atoms with Crippen LogP contribution in [0.2, 0.25) is 0 Å². The van der Waals surface area contributed by atoms with Crippen molar-refractivity contribution in [2.75, 3.05) is 18.1 Å². The number of amides is 1. The second-order valence-electron chi connectivity index (χ2n) is 8.22. The van der Waals surface area contributed by atoms with Gasteiger partial charge in [-0.15, -0.1) is 13.2 Å². The zero-order chi connectivity index (χ0) is 27.9. The van der Waals surface area contributed by atoms with Gasteiger partial charge in [0.2, 0.25) is 5.91 Å². The van der Waals surface area contributed by atoms with Gasteiger partial charge in [-0.25, -0.2) is 8.42 Å². The van der Waals surface area contributed by atoms with Crippen molar-refractivity contribution in [3.63, 3.8) is 0 Å². The van der Waals surface area contributed by atoms with Gasteiger partial charge in [0.25, 0.3) is 0 Å². The lowest BCUT2D eigenvalue weighted by Crippen LogP contribution is -2.18. The summed E-state index contributed by atoms with van der Waals surface area (Å²) in [6.07, 6.45) is -2.36. The van der Waals surface area contributed by atoms with Crippen molar-refractivity contribution < 1.29 is 31.1 Å². The molecule has 3 aromatic carbocycles. The lowest BCUT2D eigenvalue weighted by molar-refractivity contribution is -0.274. The van der Waals surface area contributed by atoms with Crippen LogP contribution in [0.25, 0.3) is 11.1 Å². The van der Waals surface area contributed by atoms with Gasteiger partial charge in [0.15, 0.2) is 9.84 Å². The number of nitrogens with zero attached hydrogens (tertiary/aromatic N) is 1. The van der Waals surface area contributed by atoms with Crippen molar-refractivity contribution in [1.29, 1.82) is 5.41 Å². The zero-order valence-electron chi connectivity index (χ0n) is 20.6. The molecule has 1 atom stereocenters. The summed E-state index contributed by atoms with van der Waals surface area (Å²) in [6.45, 7) is 1.55. The van der Waals surface area contributed by atoms with E-state index in [0.717, 1.165) is 6.21 Å². The molecule has 0 bridgehead atoms. The van der Waals surface area contributed by atoms with E-state index in [1.165, 1.54) is 43.6 Å². The van der Waals surface area contributed by atoms with Gasteiger partial charge in [-0.1, -0.05) is 43.3 Å². The fourth-order valence-corrected chi connectivity index (χ4v) is 4.69. The molecule has 38 heavy (non-hydrogen) atoms. The molecule has 0 aliphatic rings. The molecule has 0 saturated carbocycles. The number of anilines is 1. The van der Waals surface area contributed by atoms with Crippen LogP contribution in [-0.4, -0.2) is 45.9 Å². The van der Waals surface area contributed by atoms with Crippen LogP contribution in [0.4, 0.5) is 18.9 Å². The van der Waals surface area contributed by atoms with Crippen LogP contribution < -0.4 is 10.1 Å². The molecule has 1 amide bonds. The second kappa shape index (κ2) is 12.0. The molecular formula is C27H26F3N3O4S. The largest absolute Gasteiger partial charge is 0.573 e. The summed E-state index contributed by atoms with van der Waals surface area (Å²) in [4.78, 5) is 16.9. The lowest BCUT2D eigenvalue weighted by Gasteiger charge is -2.19. The summed E-state index contributed by atoms with van der Waals surface area (Å²) >= 11 is 0. The number of nitrogens with one attached hydrogen (secondary N) is 2. The highest BCUT2D eigenvalue weighted by molar-refractivity contribution is 7.91. The lowest BCUT2D eigenvalue weighted by atomic mass is 9.90. The maximum Gasteiger partial charge on any atom is 0.573 e. The second-order valence-corrected chi connectivity index (χ2v) is 10.5. The van der Waals surface area contributed by atoms with E-state index < -0.39 is 27.9 Å². The highest BCUT2D eigenvalue weighted by Crippen LogP contribution is 2.38. The summed E-state index contributed by atoms with van der Waals surface area (Å²) in [5.74, 6) is -1.49. The number of rotatable bonds is 10. The first kappa shape index (κ1) is 28.6. The van der Waals surface area contributed by atoms with Crippen molar-refractivity contribution in [2.45, 2.75) is 30.5 Å². The summed E-state index contributed by atoms with van der Waals surface area (Å²) < 4.78 is 67.2. The molecule has 0 aromatic heterocycles. The number of para-hydroxylation sites is 1. The molecule has 11 heteroatoms. The predicted molar refractivity (Wildman–Crippen MR) is 141 cm³/mol. The number of halogens is 3. The van der Waals surface area contributed by atoms with E-state index in [2.05, 4.69) is 15.0 Å². The van der Waals surface area contributed by atoms with Crippen LogP contribution in [0.1, 0.15) is 24.0 Å². The monoisotopic (exact) mass is 545 g/mol. The average molecular weight is 546 g/mol. The first-order chi connectivity index (χ1) is 18.0. The van der Waals surface area contributed by atoms with Gasteiger partial charge in [0.05, 0.1) is 23.0 Å². The van der Waals surface area contributed by atoms with E-state index in [-0.39, 0.29) is 28.5 Å². The summed E-state index contributed by atoms with van der Waals surface area (Å²) in [5, 5.41) is 10.6. The number of aliphatic imine (C=N–C) groups is 1. The molecule has 0 spiro atoms. The molecule has 2 N–H and O–H groups in total. The summed E-state index contributed by atoms with van der Waals surface area (Å²) in [6, 6.07) is 16.4. The first-order valence-corrected chi connectivity index (χ1v) is 13.2. The Morgan fingerprint density at radius 2 is 1.76 bits per heavy atom. The van der Waals surface area contributed by atoms with Gasteiger partial charge < -0.3 is 15.5 Å². The average Bonchev–Trinajstić information content (AvgIpc) is 2.87. The third-order valence-electron chi connectivity index (χ3n) is 5.61. The Morgan fingerprint density at radius 3 is 2.37 bits per heavy atom. The minimum absolute atomic E-state index is 0.0303. The molecule has 3 aromatic rings. The van der Waals surface area contributed by atoms with Crippen molar-refractivity contribution >= 4 is 33.9 Å². The number of alkyl halides is 3. The van der Waals surface area contributed by atoms with Gasteiger partial charge in [0, 0.05) is 30.7 Å². The normalized spacial score (nSPS) is 12.8. The maximum absolute atomic E-state index is 13.0. The Balaban J connectivity index is 1.92. The van der Waals surface area contributed by atoms with Crippen molar-refractivity contribution in [3.05, 3.63) is 77.9 Å². The molecule has 0 radical (unpaired) electrons. The molecule has 0 aliphatic carbocycles. The van der Waals surface area contributed by atoms with Crippen LogP contribution in [0.15, 0.2) is 76.6 Å². The summed E-state index contributed by atoms with van der Waals surface area (Å²) in [5.41, 5.74) is 1.95. The van der Waals surface area contributed by atoms with Gasteiger partial charge in [-0.3, -0.25) is 9.79 Å². The van der Waals surface area contributed by atoms with E-state index in [0.29, 0.717) is 22.4 Å². The topological polar surface area (TPSA) is 109 Å².